The predicted molar refractivity (Wildman–Crippen MR) is 124 cm³/mol. The summed E-state index contributed by atoms with van der Waals surface area (Å²) in [7, 11) is 0. The molecular formula is C26H25N3O2. The Hall–Kier alpha value is -3.60. The van der Waals surface area contributed by atoms with Gasteiger partial charge in [0.2, 0.25) is 5.91 Å². The van der Waals surface area contributed by atoms with Crippen molar-refractivity contribution >= 4 is 34.6 Å². The Kier molecular flexibility index (Phi) is 4.94. The summed E-state index contributed by atoms with van der Waals surface area (Å²) in [6.45, 7) is 2.59. The second-order valence-electron chi connectivity index (χ2n) is 8.45. The number of para-hydroxylation sites is 1. The third kappa shape index (κ3) is 4.17. The van der Waals surface area contributed by atoms with E-state index in [1.165, 1.54) is 0 Å². The standard InChI is InChI=1S/C26H25N3O2/c1-17-7-10-21(28-25(30)13-18-8-9-18)15-24(17)27-20-11-12-23-19(14-20)16-29(26(23)31)22-5-3-2-4-6-22/h2-7,10-12,14-15,18,27H,8-9,13,16H2,1H3,(H,28,30). The van der Waals surface area contributed by atoms with Gasteiger partial charge in [-0.15, -0.1) is 0 Å². The molecule has 5 rings (SSSR count). The summed E-state index contributed by atoms with van der Waals surface area (Å²) in [6.07, 6.45) is 2.93. The van der Waals surface area contributed by atoms with Crippen LogP contribution in [0.2, 0.25) is 0 Å². The van der Waals surface area contributed by atoms with Crippen molar-refractivity contribution in [2.75, 3.05) is 15.5 Å². The van der Waals surface area contributed by atoms with E-state index in [4.69, 9.17) is 0 Å². The SMILES string of the molecule is Cc1ccc(NC(=O)CC2CC2)cc1Nc1ccc2c(c1)CN(c1ccccc1)C2=O. The van der Waals surface area contributed by atoms with Gasteiger partial charge in [-0.25, -0.2) is 0 Å². The van der Waals surface area contributed by atoms with Crippen LogP contribution in [0.25, 0.3) is 0 Å². The molecule has 0 saturated heterocycles. The van der Waals surface area contributed by atoms with Gasteiger partial charge in [-0.3, -0.25) is 9.59 Å². The molecule has 2 N–H and O–H groups in total. The number of carbonyl (C=O) groups excluding carboxylic acids is 2. The van der Waals surface area contributed by atoms with E-state index >= 15 is 0 Å². The summed E-state index contributed by atoms with van der Waals surface area (Å²) in [5.41, 5.74) is 6.40. The maximum atomic E-state index is 12.8. The van der Waals surface area contributed by atoms with E-state index in [0.717, 1.165) is 52.3 Å². The number of anilines is 4. The van der Waals surface area contributed by atoms with Crippen molar-refractivity contribution < 1.29 is 9.59 Å². The molecule has 1 fully saturated rings. The van der Waals surface area contributed by atoms with Gasteiger partial charge in [0.1, 0.15) is 0 Å². The Morgan fingerprint density at radius 1 is 1.00 bits per heavy atom. The molecule has 31 heavy (non-hydrogen) atoms. The molecule has 0 spiro atoms. The van der Waals surface area contributed by atoms with E-state index in [-0.39, 0.29) is 11.8 Å². The number of fused-ring (bicyclic) bond motifs is 1. The van der Waals surface area contributed by atoms with Crippen molar-refractivity contribution in [3.63, 3.8) is 0 Å². The summed E-state index contributed by atoms with van der Waals surface area (Å²) in [5, 5.41) is 6.46. The Morgan fingerprint density at radius 2 is 1.77 bits per heavy atom. The summed E-state index contributed by atoms with van der Waals surface area (Å²) in [5.74, 6) is 0.672. The largest absolute Gasteiger partial charge is 0.355 e. The minimum atomic E-state index is 0.0318. The van der Waals surface area contributed by atoms with E-state index < -0.39 is 0 Å². The van der Waals surface area contributed by atoms with E-state index in [2.05, 4.69) is 10.6 Å². The highest BCUT2D eigenvalue weighted by Gasteiger charge is 2.28. The molecule has 0 bridgehead atoms. The second kappa shape index (κ2) is 7.91. The fourth-order valence-electron chi connectivity index (χ4n) is 4.00. The Labute approximate surface area is 182 Å². The molecule has 1 heterocycles. The predicted octanol–water partition coefficient (Wildman–Crippen LogP) is 5.64. The minimum Gasteiger partial charge on any atom is -0.355 e. The van der Waals surface area contributed by atoms with Crippen LogP contribution < -0.4 is 15.5 Å². The van der Waals surface area contributed by atoms with Crippen molar-refractivity contribution in [3.8, 4) is 0 Å². The van der Waals surface area contributed by atoms with Gasteiger partial charge in [0, 0.05) is 34.7 Å². The summed E-state index contributed by atoms with van der Waals surface area (Å²) in [6, 6.07) is 21.5. The second-order valence-corrected chi connectivity index (χ2v) is 8.45. The van der Waals surface area contributed by atoms with Gasteiger partial charge in [0.05, 0.1) is 6.54 Å². The van der Waals surface area contributed by atoms with Crippen LogP contribution in [0, 0.1) is 12.8 Å². The first-order valence-electron chi connectivity index (χ1n) is 10.7. The van der Waals surface area contributed by atoms with Gasteiger partial charge in [0.15, 0.2) is 0 Å². The lowest BCUT2D eigenvalue weighted by atomic mass is 10.1. The average molecular weight is 412 g/mol. The van der Waals surface area contributed by atoms with Crippen LogP contribution in [0.5, 0.6) is 0 Å². The van der Waals surface area contributed by atoms with Crippen molar-refractivity contribution in [2.45, 2.75) is 32.7 Å². The molecular weight excluding hydrogens is 386 g/mol. The van der Waals surface area contributed by atoms with Crippen molar-refractivity contribution in [2.24, 2.45) is 5.92 Å². The zero-order valence-electron chi connectivity index (χ0n) is 17.5. The molecule has 0 aromatic heterocycles. The Balaban J connectivity index is 1.33. The van der Waals surface area contributed by atoms with Crippen molar-refractivity contribution in [3.05, 3.63) is 83.4 Å². The zero-order chi connectivity index (χ0) is 21.4. The van der Waals surface area contributed by atoms with Crippen LogP contribution in [-0.2, 0) is 11.3 Å². The minimum absolute atomic E-state index is 0.0318. The number of benzene rings is 3. The summed E-state index contributed by atoms with van der Waals surface area (Å²) < 4.78 is 0. The van der Waals surface area contributed by atoms with E-state index in [9.17, 15) is 9.59 Å². The molecule has 3 aromatic carbocycles. The Bertz CT molecular complexity index is 1150. The fraction of sp³-hybridized carbons (Fsp3) is 0.231. The normalized spacial score (nSPS) is 15.0. The molecule has 0 unspecified atom stereocenters. The smallest absolute Gasteiger partial charge is 0.258 e. The molecule has 156 valence electrons. The van der Waals surface area contributed by atoms with Crippen LogP contribution in [0.15, 0.2) is 66.7 Å². The molecule has 5 nitrogen and oxygen atoms in total. The zero-order valence-corrected chi connectivity index (χ0v) is 17.5. The monoisotopic (exact) mass is 411 g/mol. The Morgan fingerprint density at radius 3 is 2.55 bits per heavy atom. The molecule has 0 atom stereocenters. The van der Waals surface area contributed by atoms with Crippen LogP contribution in [0.3, 0.4) is 0 Å². The first-order valence-corrected chi connectivity index (χ1v) is 10.7. The van der Waals surface area contributed by atoms with E-state index in [1.54, 1.807) is 4.90 Å². The number of amides is 2. The van der Waals surface area contributed by atoms with Gasteiger partial charge in [0.25, 0.3) is 5.91 Å². The molecule has 0 radical (unpaired) electrons. The number of hydrogen-bond acceptors (Lipinski definition) is 3. The van der Waals surface area contributed by atoms with Gasteiger partial charge < -0.3 is 15.5 Å². The van der Waals surface area contributed by atoms with Gasteiger partial charge in [-0.1, -0.05) is 24.3 Å². The molecule has 2 amide bonds. The highest BCUT2D eigenvalue weighted by Crippen LogP contribution is 2.34. The third-order valence-electron chi connectivity index (χ3n) is 5.95. The van der Waals surface area contributed by atoms with Gasteiger partial charge >= 0.3 is 0 Å². The van der Waals surface area contributed by atoms with E-state index in [0.29, 0.717) is 18.9 Å². The van der Waals surface area contributed by atoms with Crippen LogP contribution in [-0.4, -0.2) is 11.8 Å². The molecule has 5 heteroatoms. The lowest BCUT2D eigenvalue weighted by Crippen LogP contribution is -2.22. The molecule has 1 aliphatic carbocycles. The first kappa shape index (κ1) is 19.4. The highest BCUT2D eigenvalue weighted by molar-refractivity contribution is 6.10. The molecule has 2 aliphatic rings. The molecule has 1 saturated carbocycles. The van der Waals surface area contributed by atoms with E-state index in [1.807, 2.05) is 73.7 Å². The number of nitrogens with one attached hydrogen (secondary N) is 2. The van der Waals surface area contributed by atoms with Crippen molar-refractivity contribution in [1.29, 1.82) is 0 Å². The van der Waals surface area contributed by atoms with Crippen molar-refractivity contribution in [1.82, 2.24) is 0 Å². The number of nitrogens with zero attached hydrogens (tertiary/aromatic N) is 1. The lowest BCUT2D eigenvalue weighted by molar-refractivity contribution is -0.116. The van der Waals surface area contributed by atoms with Crippen LogP contribution >= 0.6 is 0 Å². The molecule has 3 aromatic rings. The van der Waals surface area contributed by atoms with Crippen LogP contribution in [0.4, 0.5) is 22.7 Å². The lowest BCUT2D eigenvalue weighted by Gasteiger charge is -2.15. The highest BCUT2D eigenvalue weighted by atomic mass is 16.2. The number of carbonyl (C=O) groups is 2. The summed E-state index contributed by atoms with van der Waals surface area (Å²) in [4.78, 5) is 26.8. The first-order chi connectivity index (χ1) is 15.1. The fourth-order valence-corrected chi connectivity index (χ4v) is 4.00. The number of rotatable bonds is 6. The number of hydrogen-bond donors (Lipinski definition) is 2. The molecule has 1 aliphatic heterocycles. The van der Waals surface area contributed by atoms with Crippen LogP contribution in [0.1, 0.15) is 40.7 Å². The summed E-state index contributed by atoms with van der Waals surface area (Å²) >= 11 is 0. The average Bonchev–Trinajstić information content (AvgIpc) is 3.52. The maximum Gasteiger partial charge on any atom is 0.258 e. The quantitative estimate of drug-likeness (QED) is 0.552. The number of aryl methyl sites for hydroxylation is 1. The van der Waals surface area contributed by atoms with Gasteiger partial charge in [-0.2, -0.15) is 0 Å². The topological polar surface area (TPSA) is 61.4 Å². The maximum absolute atomic E-state index is 12.8. The third-order valence-corrected chi connectivity index (χ3v) is 5.95. The van der Waals surface area contributed by atoms with Gasteiger partial charge in [-0.05, 0) is 79.3 Å².